The van der Waals surface area contributed by atoms with Crippen LogP contribution in [-0.2, 0) is 11.8 Å². The highest BCUT2D eigenvalue weighted by Gasteiger charge is 2.15. The first-order valence-corrected chi connectivity index (χ1v) is 8.55. The standard InChI is InChI=1S/C20H21N5O2/c1-4-24(2)20(27)17(26)11-8-13-6-5-7-14(12-13)15-9-10-16-18(22-15)19(21)23-25(16)3/h5-7,9-10,12,17,26H,4H2,1-3H3,(H2,21,23)/t17-/m1/s1. The molecule has 7 nitrogen and oxygen atoms in total. The first-order chi connectivity index (χ1) is 12.9. The Morgan fingerprint density at radius 2 is 2.15 bits per heavy atom. The number of fused-ring (bicyclic) bond motifs is 1. The van der Waals surface area contributed by atoms with Crippen LogP contribution in [0, 0.1) is 11.8 Å². The summed E-state index contributed by atoms with van der Waals surface area (Å²) in [6.07, 6.45) is -1.34. The van der Waals surface area contributed by atoms with E-state index in [1.807, 2.05) is 50.4 Å². The summed E-state index contributed by atoms with van der Waals surface area (Å²) in [7, 11) is 3.44. The Labute approximate surface area is 157 Å². The van der Waals surface area contributed by atoms with Crippen molar-refractivity contribution >= 4 is 22.8 Å². The van der Waals surface area contributed by atoms with Gasteiger partial charge in [0.15, 0.2) is 11.9 Å². The van der Waals surface area contributed by atoms with Gasteiger partial charge in [-0.15, -0.1) is 0 Å². The van der Waals surface area contributed by atoms with Crippen molar-refractivity contribution in [1.29, 1.82) is 0 Å². The molecule has 0 unspecified atom stereocenters. The number of nitrogens with zero attached hydrogens (tertiary/aromatic N) is 4. The van der Waals surface area contributed by atoms with E-state index in [0.29, 0.717) is 23.4 Å². The Bertz CT molecular complexity index is 1060. The fourth-order valence-corrected chi connectivity index (χ4v) is 2.66. The van der Waals surface area contributed by atoms with Gasteiger partial charge in [0.25, 0.3) is 5.91 Å². The van der Waals surface area contributed by atoms with E-state index in [0.717, 1.165) is 16.8 Å². The predicted molar refractivity (Wildman–Crippen MR) is 105 cm³/mol. The maximum atomic E-state index is 11.9. The second-order valence-corrected chi connectivity index (χ2v) is 6.18. The fraction of sp³-hybridized carbons (Fsp3) is 0.250. The molecule has 0 aliphatic carbocycles. The zero-order chi connectivity index (χ0) is 19.6. The van der Waals surface area contributed by atoms with Crippen molar-refractivity contribution in [2.24, 2.45) is 7.05 Å². The second-order valence-electron chi connectivity index (χ2n) is 6.18. The van der Waals surface area contributed by atoms with Crippen molar-refractivity contribution in [2.75, 3.05) is 19.3 Å². The van der Waals surface area contributed by atoms with Gasteiger partial charge in [-0.2, -0.15) is 5.10 Å². The summed E-state index contributed by atoms with van der Waals surface area (Å²) >= 11 is 0. The summed E-state index contributed by atoms with van der Waals surface area (Å²) in [5.74, 6) is 5.41. The summed E-state index contributed by atoms with van der Waals surface area (Å²) in [4.78, 5) is 17.9. The van der Waals surface area contributed by atoms with E-state index < -0.39 is 12.0 Å². The summed E-state index contributed by atoms with van der Waals surface area (Å²) < 4.78 is 1.69. The molecule has 2 aromatic heterocycles. The normalized spacial score (nSPS) is 11.7. The highest BCUT2D eigenvalue weighted by Crippen LogP contribution is 2.24. The van der Waals surface area contributed by atoms with Crippen molar-refractivity contribution in [3.8, 4) is 23.1 Å². The van der Waals surface area contributed by atoms with Crippen molar-refractivity contribution in [1.82, 2.24) is 19.7 Å². The lowest BCUT2D eigenvalue weighted by molar-refractivity contribution is -0.135. The molecule has 2 heterocycles. The van der Waals surface area contributed by atoms with Crippen molar-refractivity contribution in [3.05, 3.63) is 42.0 Å². The molecule has 0 saturated carbocycles. The molecule has 0 radical (unpaired) electrons. The number of hydrogen-bond donors (Lipinski definition) is 2. The number of carbonyl (C=O) groups is 1. The molecule has 27 heavy (non-hydrogen) atoms. The number of hydrogen-bond acceptors (Lipinski definition) is 5. The number of pyridine rings is 1. The quantitative estimate of drug-likeness (QED) is 0.686. The number of nitrogens with two attached hydrogens (primary N) is 1. The zero-order valence-corrected chi connectivity index (χ0v) is 15.5. The maximum Gasteiger partial charge on any atom is 0.263 e. The number of carbonyl (C=O) groups excluding carboxylic acids is 1. The molecule has 1 amide bonds. The van der Waals surface area contributed by atoms with Gasteiger partial charge in [-0.05, 0) is 31.2 Å². The average molecular weight is 363 g/mol. The second kappa shape index (κ2) is 7.48. The summed E-state index contributed by atoms with van der Waals surface area (Å²) in [6, 6.07) is 11.2. The minimum absolute atomic E-state index is 0.381. The molecule has 138 valence electrons. The van der Waals surface area contributed by atoms with Crippen LogP contribution in [0.25, 0.3) is 22.3 Å². The number of nitrogen functional groups attached to an aromatic ring is 1. The van der Waals surface area contributed by atoms with E-state index in [1.54, 1.807) is 11.7 Å². The number of amides is 1. The number of anilines is 1. The maximum absolute atomic E-state index is 11.9. The lowest BCUT2D eigenvalue weighted by Crippen LogP contribution is -2.35. The molecule has 3 rings (SSSR count). The van der Waals surface area contributed by atoms with Crippen LogP contribution in [0.1, 0.15) is 12.5 Å². The van der Waals surface area contributed by atoms with E-state index >= 15 is 0 Å². The third kappa shape index (κ3) is 3.76. The van der Waals surface area contributed by atoms with E-state index in [9.17, 15) is 9.90 Å². The lowest BCUT2D eigenvalue weighted by Gasteiger charge is -2.15. The van der Waals surface area contributed by atoms with Gasteiger partial charge in [-0.25, -0.2) is 4.98 Å². The predicted octanol–water partition coefficient (Wildman–Crippen LogP) is 1.41. The Hall–Kier alpha value is -3.37. The van der Waals surface area contributed by atoms with E-state index in [4.69, 9.17) is 5.73 Å². The number of aliphatic hydroxyl groups excluding tert-OH is 1. The van der Waals surface area contributed by atoms with Crippen LogP contribution >= 0.6 is 0 Å². The Kier molecular flexibility index (Phi) is 5.10. The lowest BCUT2D eigenvalue weighted by atomic mass is 10.1. The van der Waals surface area contributed by atoms with Gasteiger partial charge < -0.3 is 15.7 Å². The van der Waals surface area contributed by atoms with E-state index in [2.05, 4.69) is 21.9 Å². The molecule has 3 N–H and O–H groups in total. The van der Waals surface area contributed by atoms with Crippen molar-refractivity contribution in [3.63, 3.8) is 0 Å². The van der Waals surface area contributed by atoms with Crippen molar-refractivity contribution in [2.45, 2.75) is 13.0 Å². The Balaban J connectivity index is 1.90. The molecule has 0 aliphatic heterocycles. The summed E-state index contributed by atoms with van der Waals surface area (Å²) in [5, 5.41) is 14.1. The summed E-state index contributed by atoms with van der Waals surface area (Å²) in [5.41, 5.74) is 9.71. The highest BCUT2D eigenvalue weighted by molar-refractivity contribution is 5.87. The van der Waals surface area contributed by atoms with Crippen LogP contribution in [-0.4, -0.2) is 50.4 Å². The first-order valence-electron chi connectivity index (χ1n) is 8.55. The molecule has 1 aromatic carbocycles. The topological polar surface area (TPSA) is 97.3 Å². The molecule has 1 atom stereocenters. The summed E-state index contributed by atoms with van der Waals surface area (Å²) in [6.45, 7) is 2.35. The fourth-order valence-electron chi connectivity index (χ4n) is 2.66. The van der Waals surface area contributed by atoms with Crippen LogP contribution in [0.15, 0.2) is 36.4 Å². The van der Waals surface area contributed by atoms with Crippen LogP contribution in [0.5, 0.6) is 0 Å². The van der Waals surface area contributed by atoms with Gasteiger partial charge in [-0.3, -0.25) is 9.48 Å². The van der Waals surface area contributed by atoms with Gasteiger partial charge in [0.1, 0.15) is 5.52 Å². The largest absolute Gasteiger partial charge is 0.380 e. The molecule has 0 saturated heterocycles. The van der Waals surface area contributed by atoms with E-state index in [-0.39, 0.29) is 0 Å². The van der Waals surface area contributed by atoms with Gasteiger partial charge in [-0.1, -0.05) is 24.0 Å². The molecule has 0 bridgehead atoms. The minimum atomic E-state index is -1.34. The highest BCUT2D eigenvalue weighted by atomic mass is 16.3. The average Bonchev–Trinajstić information content (AvgIpc) is 2.98. The Morgan fingerprint density at radius 1 is 1.37 bits per heavy atom. The number of aliphatic hydroxyl groups is 1. The molecule has 0 fully saturated rings. The number of aryl methyl sites for hydroxylation is 1. The number of aromatic nitrogens is 3. The van der Waals surface area contributed by atoms with Crippen LogP contribution < -0.4 is 5.73 Å². The third-order valence-corrected chi connectivity index (χ3v) is 4.32. The molecular weight excluding hydrogens is 342 g/mol. The first kappa shape index (κ1) is 18.4. The minimum Gasteiger partial charge on any atom is -0.380 e. The number of likely N-dealkylation sites (N-methyl/N-ethyl adjacent to an activating group) is 1. The van der Waals surface area contributed by atoms with Crippen LogP contribution in [0.2, 0.25) is 0 Å². The molecule has 3 aromatic rings. The van der Waals surface area contributed by atoms with Gasteiger partial charge in [0.2, 0.25) is 0 Å². The zero-order valence-electron chi connectivity index (χ0n) is 15.5. The van der Waals surface area contributed by atoms with Crippen LogP contribution in [0.3, 0.4) is 0 Å². The molecular formula is C20H21N5O2. The van der Waals surface area contributed by atoms with E-state index in [1.165, 1.54) is 4.90 Å². The molecule has 0 aliphatic rings. The number of benzene rings is 1. The van der Waals surface area contributed by atoms with Gasteiger partial charge in [0.05, 0.1) is 11.2 Å². The SMILES string of the molecule is CCN(C)C(=O)[C@H](O)C#Cc1cccc(-c2ccc3c(n2)c(N)nn3C)c1. The third-order valence-electron chi connectivity index (χ3n) is 4.32. The van der Waals surface area contributed by atoms with Crippen LogP contribution in [0.4, 0.5) is 5.82 Å². The monoisotopic (exact) mass is 363 g/mol. The molecule has 7 heteroatoms. The van der Waals surface area contributed by atoms with Crippen molar-refractivity contribution < 1.29 is 9.90 Å². The Morgan fingerprint density at radius 3 is 2.89 bits per heavy atom. The smallest absolute Gasteiger partial charge is 0.263 e. The molecule has 0 spiro atoms. The number of rotatable bonds is 3. The van der Waals surface area contributed by atoms with Gasteiger partial charge >= 0.3 is 0 Å². The van der Waals surface area contributed by atoms with Gasteiger partial charge in [0, 0.05) is 31.8 Å².